The van der Waals surface area contributed by atoms with Crippen LogP contribution in [0.15, 0.2) is 30.5 Å². The van der Waals surface area contributed by atoms with E-state index in [9.17, 15) is 13.6 Å². The average Bonchev–Trinajstić information content (AvgIpc) is 3.82. The number of rotatable bonds is 8. The number of anilines is 1. The van der Waals surface area contributed by atoms with Gasteiger partial charge in [-0.25, -0.2) is 4.39 Å². The summed E-state index contributed by atoms with van der Waals surface area (Å²) in [5.74, 6) is -0.958. The molecule has 5 heterocycles. The number of aryl methyl sites for hydroxylation is 1. The molecule has 2 aromatic carbocycles. The van der Waals surface area contributed by atoms with Gasteiger partial charge in [0.15, 0.2) is 0 Å². The molecular formula is C43H53F2IN5O6-. The van der Waals surface area contributed by atoms with Crippen molar-refractivity contribution >= 4 is 27.5 Å². The number of fused-ring (bicyclic) bond motifs is 3. The zero-order chi connectivity index (χ0) is 39.5. The van der Waals surface area contributed by atoms with Crippen LogP contribution in [0.4, 0.5) is 14.6 Å². The van der Waals surface area contributed by atoms with Gasteiger partial charge in [0.05, 0.1) is 6.61 Å². The number of phenols is 1. The summed E-state index contributed by atoms with van der Waals surface area (Å²) in [5.41, 5.74) is -0.477. The fraction of sp³-hybridized carbons (Fsp3) is 0.605. The number of phenolic OH excluding ortho intramolecular Hbond substituents is 1. The molecule has 3 aliphatic heterocycles. The Morgan fingerprint density at radius 2 is 1.86 bits per heavy atom. The Kier molecular flexibility index (Phi) is 10.8. The Balaban J connectivity index is 1.10. The fourth-order valence-corrected chi connectivity index (χ4v) is 12.0. The molecule has 4 atom stereocenters. The molecule has 1 unspecified atom stereocenters. The Hall–Kier alpha value is -3.02. The molecule has 3 saturated heterocycles. The number of aromatic hydroxyl groups is 1. The number of piperidine rings is 1. The van der Waals surface area contributed by atoms with E-state index in [4.69, 9.17) is 24.2 Å². The zero-order valence-electron chi connectivity index (χ0n) is 32.8. The van der Waals surface area contributed by atoms with Gasteiger partial charge in [-0.1, -0.05) is 6.92 Å². The molecule has 2 saturated carbocycles. The third-order valence-corrected chi connectivity index (χ3v) is 15.2. The van der Waals surface area contributed by atoms with E-state index < -0.39 is 43.0 Å². The maximum absolute atomic E-state index is 17.3. The first-order chi connectivity index (χ1) is 27.5. The van der Waals surface area contributed by atoms with Gasteiger partial charge < -0.3 is 4.74 Å². The second-order valence-electron chi connectivity index (χ2n) is 17.6. The minimum atomic E-state index is -1.36. The molecule has 5 aliphatic rings. The number of likely N-dealkylation sites (tertiary alicyclic amines) is 1. The Bertz CT molecular complexity index is 2140. The first-order valence-electron chi connectivity index (χ1n) is 20.6. The van der Waals surface area contributed by atoms with Gasteiger partial charge in [-0.2, -0.15) is 0 Å². The molecular weight excluding hydrogens is 847 g/mol. The van der Waals surface area contributed by atoms with Crippen molar-refractivity contribution in [3.8, 4) is 23.0 Å². The predicted octanol–water partition coefficient (Wildman–Crippen LogP) is 3.66. The van der Waals surface area contributed by atoms with Crippen molar-refractivity contribution in [3.05, 3.63) is 47.7 Å². The second kappa shape index (κ2) is 15.5. The number of alkyl halides is 1. The monoisotopic (exact) mass is 900 g/mol. The van der Waals surface area contributed by atoms with E-state index in [0.29, 0.717) is 58.1 Å². The third-order valence-electron chi connectivity index (χ3n) is 13.8. The number of hydrogen-bond donors (Lipinski definition) is 3. The Morgan fingerprint density at radius 3 is 2.63 bits per heavy atom. The zero-order valence-corrected chi connectivity index (χ0v) is 34.9. The number of benzene rings is 2. The number of halogens is 3. The summed E-state index contributed by atoms with van der Waals surface area (Å²) in [6.45, 7) is 7.12. The maximum atomic E-state index is 17.3. The number of hydrogen-bond acceptors (Lipinski definition) is 11. The van der Waals surface area contributed by atoms with Crippen LogP contribution in [-0.4, -0.2) is 101 Å². The molecule has 0 amide bonds. The van der Waals surface area contributed by atoms with Crippen LogP contribution in [0.1, 0.15) is 83.6 Å². The quantitative estimate of drug-likeness (QED) is 0.177. The van der Waals surface area contributed by atoms with Crippen molar-refractivity contribution in [2.75, 3.05) is 51.0 Å². The number of nitrogens with zero attached hydrogens (tertiary/aromatic N) is 5. The van der Waals surface area contributed by atoms with Crippen LogP contribution in [0.2, 0.25) is 0 Å². The van der Waals surface area contributed by atoms with E-state index in [1.54, 1.807) is 13.0 Å². The summed E-state index contributed by atoms with van der Waals surface area (Å²) in [6.07, 6.45) is 13.3. The Morgan fingerprint density at radius 1 is 1.04 bits per heavy atom. The first-order valence-corrected chi connectivity index (χ1v) is 22.9. The van der Waals surface area contributed by atoms with Crippen molar-refractivity contribution in [2.45, 2.75) is 106 Å². The van der Waals surface area contributed by atoms with Gasteiger partial charge in [-0.3, -0.25) is 0 Å². The van der Waals surface area contributed by atoms with Crippen molar-refractivity contribution < 1.29 is 58.3 Å². The van der Waals surface area contributed by atoms with E-state index in [1.165, 1.54) is 56.5 Å². The van der Waals surface area contributed by atoms with Crippen molar-refractivity contribution in [3.63, 3.8) is 0 Å². The number of β-amino-alcohol motifs (C(OH)–C–C–N with tert-alkyl or cyclic N) is 1. The average molecular weight is 901 g/mol. The van der Waals surface area contributed by atoms with Gasteiger partial charge >= 0.3 is 271 Å². The number of ether oxygens (including phenoxy) is 3. The SMILES string of the molecule is CCc1c(F)ccc2cc(O)cc(-c3ncc4c(N5C[C@H]([I-]O)OC[C@@](C)(O)C5)nc(OC[C@]56CCCC5N(C5CCC7(CCOC7)CC5)CCC6)nc4c3F)c12. The van der Waals surface area contributed by atoms with Crippen LogP contribution in [0.25, 0.3) is 32.9 Å². The van der Waals surface area contributed by atoms with E-state index in [-0.39, 0.29) is 53.6 Å². The normalized spacial score (nSPS) is 31.1. The minimum absolute atomic E-state index is 0.0210. The molecule has 308 valence electrons. The molecule has 57 heavy (non-hydrogen) atoms. The van der Waals surface area contributed by atoms with E-state index in [1.807, 2.05) is 11.8 Å². The standard InChI is InChI=1S/C43H53F2IN5O6/c1-3-29-32(44)8-7-26-18-28(52)19-30(35(26)29)37-36(45)38-31(20-47-37)39(50-21-34(46-54)56-23-41(2,53)22-50)49-40(48-38)57-25-43-11-4-6-33(43)51(16-5-12-43)27-9-13-42(14-10-27)15-17-55-24-42/h7-8,18-20,27,33-34,52-54H,3-6,9-17,21-25H2,1-2H3/q-1/t27?,33?,34-,41+,42?,43-/m1/s1. The van der Waals surface area contributed by atoms with Crippen LogP contribution < -0.4 is 31.3 Å². The first kappa shape index (κ1) is 39.4. The second-order valence-corrected chi connectivity index (χ2v) is 19.6. The van der Waals surface area contributed by atoms with Crippen molar-refractivity contribution in [1.29, 1.82) is 0 Å². The number of aliphatic hydroxyl groups is 1. The van der Waals surface area contributed by atoms with Gasteiger partial charge in [0.2, 0.25) is 0 Å². The topological polar surface area (TPSA) is 134 Å². The molecule has 2 aliphatic carbocycles. The van der Waals surface area contributed by atoms with Crippen LogP contribution >= 0.6 is 0 Å². The van der Waals surface area contributed by atoms with Gasteiger partial charge in [0, 0.05) is 6.61 Å². The summed E-state index contributed by atoms with van der Waals surface area (Å²) in [6, 6.07) is 6.84. The molecule has 4 aromatic rings. The summed E-state index contributed by atoms with van der Waals surface area (Å²) in [5, 5.41) is 23.4. The van der Waals surface area contributed by atoms with E-state index in [2.05, 4.69) is 9.88 Å². The molecule has 3 N–H and O–H groups in total. The van der Waals surface area contributed by atoms with Crippen molar-refractivity contribution in [1.82, 2.24) is 19.9 Å². The van der Waals surface area contributed by atoms with Crippen LogP contribution in [0, 0.1) is 22.5 Å². The van der Waals surface area contributed by atoms with E-state index in [0.717, 1.165) is 51.9 Å². The van der Waals surface area contributed by atoms with E-state index >= 15 is 8.78 Å². The molecule has 2 aromatic heterocycles. The third kappa shape index (κ3) is 7.34. The molecule has 14 heteroatoms. The summed E-state index contributed by atoms with van der Waals surface area (Å²) in [7, 11) is 0. The molecule has 11 nitrogen and oxygen atoms in total. The summed E-state index contributed by atoms with van der Waals surface area (Å²) >= 11 is -1.36. The van der Waals surface area contributed by atoms with Gasteiger partial charge in [-0.05, 0) is 43.6 Å². The van der Waals surface area contributed by atoms with Gasteiger partial charge in [0.25, 0.3) is 0 Å². The number of pyridine rings is 1. The predicted molar refractivity (Wildman–Crippen MR) is 208 cm³/mol. The summed E-state index contributed by atoms with van der Waals surface area (Å²) < 4.78 is 60.6. The van der Waals surface area contributed by atoms with Gasteiger partial charge in [-0.15, -0.1) is 0 Å². The summed E-state index contributed by atoms with van der Waals surface area (Å²) in [4.78, 5) is 18.9. The van der Waals surface area contributed by atoms with Crippen molar-refractivity contribution in [2.24, 2.45) is 10.8 Å². The molecule has 9 rings (SSSR count). The Labute approximate surface area is 342 Å². The molecule has 1 spiro atoms. The molecule has 0 bridgehead atoms. The molecule has 5 fully saturated rings. The van der Waals surface area contributed by atoms with Crippen LogP contribution in [0.3, 0.4) is 0 Å². The van der Waals surface area contributed by atoms with Crippen LogP contribution in [-0.2, 0) is 15.9 Å². The molecule has 0 radical (unpaired) electrons. The fourth-order valence-electron chi connectivity index (χ4n) is 11.0. The van der Waals surface area contributed by atoms with Gasteiger partial charge in [0.1, 0.15) is 0 Å². The van der Waals surface area contributed by atoms with Crippen LogP contribution in [0.5, 0.6) is 11.8 Å². The number of aromatic nitrogens is 3.